The highest BCUT2D eigenvalue weighted by Gasteiger charge is 2.18. The molecular formula is C21H26N4O. The molecule has 0 unspecified atom stereocenters. The van der Waals surface area contributed by atoms with Gasteiger partial charge in [-0.3, -0.25) is 14.6 Å². The van der Waals surface area contributed by atoms with Crippen molar-refractivity contribution in [3.8, 4) is 0 Å². The first-order chi connectivity index (χ1) is 12.7. The van der Waals surface area contributed by atoms with Crippen LogP contribution in [0, 0.1) is 6.92 Å². The zero-order valence-corrected chi connectivity index (χ0v) is 15.3. The molecule has 1 fully saturated rings. The van der Waals surface area contributed by atoms with E-state index < -0.39 is 0 Å². The largest absolute Gasteiger partial charge is 0.297 e. The number of hydrogen-bond donors (Lipinski definition) is 1. The van der Waals surface area contributed by atoms with Crippen LogP contribution in [0.1, 0.15) is 16.7 Å². The van der Waals surface area contributed by atoms with Gasteiger partial charge in [-0.25, -0.2) is 5.43 Å². The molecule has 1 N–H and O–H groups in total. The van der Waals surface area contributed by atoms with Gasteiger partial charge in [0.2, 0.25) is 0 Å². The molecular weight excluding hydrogens is 324 g/mol. The van der Waals surface area contributed by atoms with Gasteiger partial charge in [-0.15, -0.1) is 0 Å². The van der Waals surface area contributed by atoms with Crippen LogP contribution in [0.5, 0.6) is 0 Å². The monoisotopic (exact) mass is 350 g/mol. The Labute approximate surface area is 155 Å². The number of nitrogens with zero attached hydrogens (tertiary/aromatic N) is 3. The average Bonchev–Trinajstić information content (AvgIpc) is 2.66. The number of hydrogen-bond acceptors (Lipinski definition) is 4. The lowest BCUT2D eigenvalue weighted by molar-refractivity contribution is -0.122. The van der Waals surface area contributed by atoms with E-state index in [9.17, 15) is 4.79 Å². The number of piperazine rings is 1. The van der Waals surface area contributed by atoms with Crippen molar-refractivity contribution in [3.05, 3.63) is 71.3 Å². The first-order valence-electron chi connectivity index (χ1n) is 9.07. The smallest absolute Gasteiger partial charge is 0.254 e. The number of rotatable bonds is 6. The first-order valence-corrected chi connectivity index (χ1v) is 9.07. The molecule has 2 aromatic carbocycles. The van der Waals surface area contributed by atoms with Gasteiger partial charge < -0.3 is 0 Å². The summed E-state index contributed by atoms with van der Waals surface area (Å²) in [6.45, 7) is 7.16. The van der Waals surface area contributed by atoms with Crippen LogP contribution in [0.2, 0.25) is 0 Å². The predicted octanol–water partition coefficient (Wildman–Crippen LogP) is 2.26. The van der Waals surface area contributed by atoms with E-state index in [0.29, 0.717) is 6.54 Å². The van der Waals surface area contributed by atoms with Gasteiger partial charge in [0.05, 0.1) is 12.8 Å². The summed E-state index contributed by atoms with van der Waals surface area (Å²) >= 11 is 0. The molecule has 3 rings (SSSR count). The highest BCUT2D eigenvalue weighted by atomic mass is 16.2. The van der Waals surface area contributed by atoms with E-state index in [-0.39, 0.29) is 5.91 Å². The Balaban J connectivity index is 1.39. The molecule has 0 atom stereocenters. The number of carbonyl (C=O) groups is 1. The molecule has 1 aliphatic heterocycles. The Morgan fingerprint density at radius 3 is 2.38 bits per heavy atom. The Hall–Kier alpha value is -2.50. The van der Waals surface area contributed by atoms with E-state index >= 15 is 0 Å². The highest BCUT2D eigenvalue weighted by Crippen LogP contribution is 2.08. The third-order valence-corrected chi connectivity index (χ3v) is 4.66. The van der Waals surface area contributed by atoms with Crippen LogP contribution in [-0.2, 0) is 11.3 Å². The molecule has 0 aromatic heterocycles. The second-order valence-corrected chi connectivity index (χ2v) is 6.69. The van der Waals surface area contributed by atoms with Crippen molar-refractivity contribution in [3.63, 3.8) is 0 Å². The lowest BCUT2D eigenvalue weighted by Gasteiger charge is -2.34. The van der Waals surface area contributed by atoms with E-state index in [4.69, 9.17) is 0 Å². The van der Waals surface area contributed by atoms with Crippen molar-refractivity contribution in [1.29, 1.82) is 0 Å². The summed E-state index contributed by atoms with van der Waals surface area (Å²) in [5.74, 6) is -0.0636. The quantitative estimate of drug-likeness (QED) is 0.642. The predicted molar refractivity (Wildman–Crippen MR) is 105 cm³/mol. The van der Waals surface area contributed by atoms with Gasteiger partial charge >= 0.3 is 0 Å². The molecule has 0 spiro atoms. The van der Waals surface area contributed by atoms with Crippen molar-refractivity contribution in [2.75, 3.05) is 32.7 Å². The summed E-state index contributed by atoms with van der Waals surface area (Å²) in [5, 5.41) is 4.08. The summed E-state index contributed by atoms with van der Waals surface area (Å²) in [5.41, 5.74) is 6.12. The van der Waals surface area contributed by atoms with Crippen LogP contribution < -0.4 is 5.43 Å². The summed E-state index contributed by atoms with van der Waals surface area (Å²) in [7, 11) is 0. The standard InChI is InChI=1S/C21H26N4O/c1-18-7-5-6-10-20(18)15-22-23-21(26)17-25-13-11-24(12-14-25)16-19-8-3-2-4-9-19/h2-10,15H,11-14,16-17H2,1H3,(H,23,26)/b22-15+. The molecule has 1 amide bonds. The number of nitrogens with one attached hydrogen (secondary N) is 1. The summed E-state index contributed by atoms with van der Waals surface area (Å²) in [6, 6.07) is 18.5. The Kier molecular flexibility index (Phi) is 6.52. The van der Waals surface area contributed by atoms with Gasteiger partial charge in [-0.2, -0.15) is 5.10 Å². The van der Waals surface area contributed by atoms with Crippen LogP contribution in [0.4, 0.5) is 0 Å². The van der Waals surface area contributed by atoms with E-state index in [1.165, 1.54) is 5.56 Å². The number of aryl methyl sites for hydroxylation is 1. The molecule has 0 saturated carbocycles. The number of carbonyl (C=O) groups excluding carboxylic acids is 1. The normalized spacial score (nSPS) is 16.0. The first kappa shape index (κ1) is 18.3. The maximum Gasteiger partial charge on any atom is 0.254 e. The summed E-state index contributed by atoms with van der Waals surface area (Å²) < 4.78 is 0. The molecule has 0 bridgehead atoms. The second kappa shape index (κ2) is 9.27. The van der Waals surface area contributed by atoms with Crippen LogP contribution in [0.15, 0.2) is 59.7 Å². The zero-order valence-electron chi connectivity index (χ0n) is 15.3. The lowest BCUT2D eigenvalue weighted by Crippen LogP contribution is -2.48. The summed E-state index contributed by atoms with van der Waals surface area (Å²) in [6.07, 6.45) is 1.70. The Morgan fingerprint density at radius 2 is 1.65 bits per heavy atom. The maximum atomic E-state index is 12.1. The SMILES string of the molecule is Cc1ccccc1/C=N/NC(=O)CN1CCN(Cc2ccccc2)CC1. The van der Waals surface area contributed by atoms with Gasteiger partial charge in [-0.1, -0.05) is 54.6 Å². The maximum absolute atomic E-state index is 12.1. The van der Waals surface area contributed by atoms with Gasteiger partial charge in [-0.05, 0) is 23.6 Å². The minimum atomic E-state index is -0.0636. The van der Waals surface area contributed by atoms with Crippen LogP contribution in [-0.4, -0.2) is 54.6 Å². The molecule has 1 saturated heterocycles. The van der Waals surface area contributed by atoms with Crippen molar-refractivity contribution < 1.29 is 4.79 Å². The summed E-state index contributed by atoms with van der Waals surface area (Å²) in [4.78, 5) is 16.7. The molecule has 1 aliphatic rings. The van der Waals surface area contributed by atoms with Crippen molar-refractivity contribution in [2.24, 2.45) is 5.10 Å². The fourth-order valence-electron chi connectivity index (χ4n) is 3.09. The molecule has 1 heterocycles. The van der Waals surface area contributed by atoms with Crippen molar-refractivity contribution >= 4 is 12.1 Å². The minimum Gasteiger partial charge on any atom is -0.297 e. The van der Waals surface area contributed by atoms with Crippen molar-refractivity contribution in [1.82, 2.24) is 15.2 Å². The molecule has 5 nitrogen and oxygen atoms in total. The van der Waals surface area contributed by atoms with Crippen LogP contribution in [0.3, 0.4) is 0 Å². The van der Waals surface area contributed by atoms with E-state index in [0.717, 1.165) is 43.9 Å². The molecule has 5 heteroatoms. The number of hydrazone groups is 1. The minimum absolute atomic E-state index is 0.0636. The fourth-order valence-corrected chi connectivity index (χ4v) is 3.09. The topological polar surface area (TPSA) is 47.9 Å². The number of amides is 1. The zero-order chi connectivity index (χ0) is 18.2. The molecule has 2 aromatic rings. The van der Waals surface area contributed by atoms with E-state index in [1.54, 1.807) is 6.21 Å². The third-order valence-electron chi connectivity index (χ3n) is 4.66. The molecule has 26 heavy (non-hydrogen) atoms. The van der Waals surface area contributed by atoms with Crippen LogP contribution in [0.25, 0.3) is 0 Å². The number of benzene rings is 2. The Bertz CT molecular complexity index is 737. The Morgan fingerprint density at radius 1 is 1.00 bits per heavy atom. The molecule has 136 valence electrons. The average molecular weight is 350 g/mol. The molecule has 0 radical (unpaired) electrons. The van der Waals surface area contributed by atoms with Gasteiger partial charge in [0.15, 0.2) is 0 Å². The van der Waals surface area contributed by atoms with Gasteiger partial charge in [0.1, 0.15) is 0 Å². The van der Waals surface area contributed by atoms with E-state index in [1.807, 2.05) is 37.3 Å². The second-order valence-electron chi connectivity index (χ2n) is 6.69. The van der Waals surface area contributed by atoms with Gasteiger partial charge in [0.25, 0.3) is 5.91 Å². The third kappa shape index (κ3) is 5.51. The van der Waals surface area contributed by atoms with E-state index in [2.05, 4.69) is 44.6 Å². The van der Waals surface area contributed by atoms with Crippen LogP contribution >= 0.6 is 0 Å². The molecule has 0 aliphatic carbocycles. The van der Waals surface area contributed by atoms with Gasteiger partial charge in [0, 0.05) is 32.7 Å². The fraction of sp³-hybridized carbons (Fsp3) is 0.333. The lowest BCUT2D eigenvalue weighted by atomic mass is 10.1. The highest BCUT2D eigenvalue weighted by molar-refractivity contribution is 5.84. The van der Waals surface area contributed by atoms with Crippen molar-refractivity contribution in [2.45, 2.75) is 13.5 Å².